The number of rotatable bonds is 9. The van der Waals surface area contributed by atoms with Gasteiger partial charge >= 0.3 is 5.97 Å². The van der Waals surface area contributed by atoms with Crippen molar-refractivity contribution in [3.63, 3.8) is 0 Å². The van der Waals surface area contributed by atoms with Crippen molar-refractivity contribution >= 4 is 35.3 Å². The monoisotopic (exact) mass is 539 g/mol. The summed E-state index contributed by atoms with van der Waals surface area (Å²) in [5.41, 5.74) is 3.77. The van der Waals surface area contributed by atoms with E-state index in [0.717, 1.165) is 35.6 Å². The second kappa shape index (κ2) is 12.1. The van der Waals surface area contributed by atoms with E-state index in [4.69, 9.17) is 9.68 Å². The lowest BCUT2D eigenvalue weighted by Crippen LogP contribution is -2.29. The molecular weight excluding hydrogens is 511 g/mol. The Hall–Kier alpha value is -4.51. The van der Waals surface area contributed by atoms with Gasteiger partial charge in [-0.2, -0.15) is 5.26 Å². The average molecular weight is 539 g/mol. The van der Waals surface area contributed by atoms with E-state index in [1.54, 1.807) is 18.2 Å². The van der Waals surface area contributed by atoms with E-state index in [0.29, 0.717) is 34.3 Å². The summed E-state index contributed by atoms with van der Waals surface area (Å²) in [4.78, 5) is 24.9. The molecule has 1 aromatic heterocycles. The van der Waals surface area contributed by atoms with Crippen molar-refractivity contribution in [2.45, 2.75) is 45.9 Å². The second-order valence-corrected chi connectivity index (χ2v) is 9.99. The van der Waals surface area contributed by atoms with E-state index in [1.807, 2.05) is 45.0 Å². The minimum absolute atomic E-state index is 0.104. The molecule has 5 nitrogen and oxygen atoms in total. The van der Waals surface area contributed by atoms with E-state index in [9.17, 15) is 23.5 Å². The van der Waals surface area contributed by atoms with Crippen LogP contribution < -0.4 is 10.9 Å². The van der Waals surface area contributed by atoms with E-state index >= 15 is 0 Å². The number of carboxylic acid groups (broad SMARTS) is 1. The molecule has 0 fully saturated rings. The molecule has 0 amide bonds. The van der Waals surface area contributed by atoms with E-state index in [1.165, 1.54) is 12.1 Å². The van der Waals surface area contributed by atoms with Gasteiger partial charge in [0.05, 0.1) is 22.6 Å². The van der Waals surface area contributed by atoms with Gasteiger partial charge in [-0.25, -0.2) is 13.6 Å². The van der Waals surface area contributed by atoms with Crippen LogP contribution in [0.5, 0.6) is 0 Å². The SMILES string of the molecule is C/C=C(\CCCc1ccc(C#N)cc1)c1cc(=O)c2cc(C)cc(C(C)Bc3ccc(F)c(F)c3C(=O)O)c2o1. The zero-order valence-electron chi connectivity index (χ0n) is 22.6. The quantitative estimate of drug-likeness (QED) is 0.256. The smallest absolute Gasteiger partial charge is 0.338 e. The molecule has 0 saturated heterocycles. The molecule has 0 aliphatic carbocycles. The number of aromatic carboxylic acids is 1. The number of hydrogen-bond acceptors (Lipinski definition) is 4. The first-order valence-corrected chi connectivity index (χ1v) is 13.1. The molecule has 40 heavy (non-hydrogen) atoms. The van der Waals surface area contributed by atoms with Gasteiger partial charge in [0.1, 0.15) is 11.3 Å². The van der Waals surface area contributed by atoms with Crippen LogP contribution in [0.25, 0.3) is 16.5 Å². The summed E-state index contributed by atoms with van der Waals surface area (Å²) in [6.07, 6.45) is 4.18. The molecule has 0 aliphatic heterocycles. The molecule has 4 aromatic rings. The number of carbonyl (C=O) groups is 1. The Bertz CT molecular complexity index is 1720. The normalized spacial score (nSPS) is 12.2. The van der Waals surface area contributed by atoms with Crippen molar-refractivity contribution in [1.29, 1.82) is 5.26 Å². The number of allylic oxidation sites excluding steroid dienone is 2. The number of carboxylic acids is 1. The topological polar surface area (TPSA) is 91.3 Å². The number of aryl methyl sites for hydroxylation is 2. The lowest BCUT2D eigenvalue weighted by Gasteiger charge is -2.17. The zero-order valence-corrected chi connectivity index (χ0v) is 22.6. The Balaban J connectivity index is 1.66. The van der Waals surface area contributed by atoms with Gasteiger partial charge < -0.3 is 9.52 Å². The van der Waals surface area contributed by atoms with Gasteiger partial charge in [-0.15, -0.1) is 0 Å². The molecule has 202 valence electrons. The van der Waals surface area contributed by atoms with Crippen LogP contribution in [0.1, 0.15) is 70.9 Å². The Morgan fingerprint density at radius 1 is 1.15 bits per heavy atom. The van der Waals surface area contributed by atoms with Crippen molar-refractivity contribution in [3.05, 3.63) is 116 Å². The molecule has 0 spiro atoms. The first-order chi connectivity index (χ1) is 19.1. The molecule has 8 heteroatoms. The largest absolute Gasteiger partial charge is 0.478 e. The maximum absolute atomic E-state index is 14.3. The van der Waals surface area contributed by atoms with Gasteiger partial charge in [-0.3, -0.25) is 4.79 Å². The zero-order chi connectivity index (χ0) is 29.0. The van der Waals surface area contributed by atoms with Crippen LogP contribution in [-0.4, -0.2) is 18.4 Å². The van der Waals surface area contributed by atoms with Crippen LogP contribution >= 0.6 is 0 Å². The van der Waals surface area contributed by atoms with Crippen LogP contribution in [0.3, 0.4) is 0 Å². The summed E-state index contributed by atoms with van der Waals surface area (Å²) in [7, 11) is 0.104. The van der Waals surface area contributed by atoms with Crippen molar-refractivity contribution in [2.24, 2.45) is 0 Å². The fourth-order valence-electron chi connectivity index (χ4n) is 5.03. The highest BCUT2D eigenvalue weighted by molar-refractivity contribution is 6.57. The third-order valence-electron chi connectivity index (χ3n) is 7.11. The summed E-state index contributed by atoms with van der Waals surface area (Å²) < 4.78 is 34.4. The Morgan fingerprint density at radius 3 is 2.52 bits per heavy atom. The number of nitrogens with zero attached hydrogens (tertiary/aromatic N) is 1. The highest BCUT2D eigenvalue weighted by Crippen LogP contribution is 2.30. The lowest BCUT2D eigenvalue weighted by molar-refractivity contribution is 0.0692. The molecule has 0 saturated carbocycles. The van der Waals surface area contributed by atoms with Gasteiger partial charge in [-0.05, 0) is 85.5 Å². The molecular formula is C32H28BF2NO4. The van der Waals surface area contributed by atoms with E-state index < -0.39 is 23.2 Å². The molecule has 0 radical (unpaired) electrons. The predicted molar refractivity (Wildman–Crippen MR) is 153 cm³/mol. The van der Waals surface area contributed by atoms with Gasteiger partial charge in [0, 0.05) is 6.07 Å². The van der Waals surface area contributed by atoms with Gasteiger partial charge in [0.2, 0.25) is 0 Å². The third kappa shape index (κ3) is 6.04. The summed E-state index contributed by atoms with van der Waals surface area (Å²) in [6.45, 7) is 5.57. The number of benzene rings is 3. The molecule has 1 N–H and O–H groups in total. The summed E-state index contributed by atoms with van der Waals surface area (Å²) >= 11 is 0. The Morgan fingerprint density at radius 2 is 1.88 bits per heavy atom. The molecule has 1 unspecified atom stereocenters. The van der Waals surface area contributed by atoms with Crippen molar-refractivity contribution in [3.8, 4) is 6.07 Å². The van der Waals surface area contributed by atoms with Gasteiger partial charge in [-0.1, -0.05) is 42.7 Å². The second-order valence-electron chi connectivity index (χ2n) is 9.99. The van der Waals surface area contributed by atoms with Gasteiger partial charge in [0.25, 0.3) is 0 Å². The molecule has 4 rings (SSSR count). The average Bonchev–Trinajstić information content (AvgIpc) is 2.93. The molecule has 0 bridgehead atoms. The number of nitriles is 1. The van der Waals surface area contributed by atoms with Crippen LogP contribution in [0, 0.1) is 29.9 Å². The number of fused-ring (bicyclic) bond motifs is 1. The maximum Gasteiger partial charge on any atom is 0.338 e. The fourth-order valence-corrected chi connectivity index (χ4v) is 5.03. The van der Waals surface area contributed by atoms with Crippen LogP contribution in [-0.2, 0) is 6.42 Å². The highest BCUT2D eigenvalue weighted by atomic mass is 19.2. The summed E-state index contributed by atoms with van der Waals surface area (Å²) in [5, 5.41) is 18.9. The Labute approximate surface area is 231 Å². The highest BCUT2D eigenvalue weighted by Gasteiger charge is 2.24. The maximum atomic E-state index is 14.3. The van der Waals surface area contributed by atoms with Crippen molar-refractivity contribution in [2.75, 3.05) is 0 Å². The minimum atomic E-state index is -1.54. The minimum Gasteiger partial charge on any atom is -0.478 e. The Kier molecular flexibility index (Phi) is 8.64. The van der Waals surface area contributed by atoms with Crippen molar-refractivity contribution in [1.82, 2.24) is 0 Å². The molecule has 0 aliphatic rings. The molecule has 3 aromatic carbocycles. The summed E-state index contributed by atoms with van der Waals surface area (Å²) in [6, 6.07) is 16.9. The van der Waals surface area contributed by atoms with E-state index in [-0.39, 0.29) is 24.0 Å². The van der Waals surface area contributed by atoms with Crippen LogP contribution in [0.2, 0.25) is 0 Å². The standard InChI is InChI=1S/C32H28BF2NO4/c1-4-22(7-5-6-20-8-10-21(17-36)11-9-20)28-16-27(37)24-15-18(2)14-23(31(24)40-28)19(3)33-25-12-13-26(34)30(35)29(25)32(38)39/h4,8-16,19,33H,5-7H2,1-3H3,(H,38,39)/b22-4+. The van der Waals surface area contributed by atoms with Crippen LogP contribution in [0.15, 0.2) is 69.9 Å². The van der Waals surface area contributed by atoms with Crippen LogP contribution in [0.4, 0.5) is 8.78 Å². The first kappa shape index (κ1) is 28.5. The molecule has 1 heterocycles. The summed E-state index contributed by atoms with van der Waals surface area (Å²) in [5.74, 6) is -4.06. The molecule has 1 atom stereocenters. The first-order valence-electron chi connectivity index (χ1n) is 13.1. The number of halogens is 2. The predicted octanol–water partition coefficient (Wildman–Crippen LogP) is 6.20. The number of hydrogen-bond donors (Lipinski definition) is 1. The van der Waals surface area contributed by atoms with Crippen molar-refractivity contribution < 1.29 is 23.1 Å². The van der Waals surface area contributed by atoms with E-state index in [2.05, 4.69) is 6.07 Å². The lowest BCUT2D eigenvalue weighted by atomic mass is 9.56. The third-order valence-corrected chi connectivity index (χ3v) is 7.11. The van der Waals surface area contributed by atoms with Gasteiger partial charge in [0.15, 0.2) is 24.3 Å². The fraction of sp³-hybridized carbons (Fsp3) is 0.219.